The van der Waals surface area contributed by atoms with Gasteiger partial charge < -0.3 is 10.2 Å². The molecule has 0 aliphatic heterocycles. The first-order valence-electron chi connectivity index (χ1n) is 10.4. The van der Waals surface area contributed by atoms with Crippen molar-refractivity contribution in [2.75, 3.05) is 13.6 Å². The Labute approximate surface area is 173 Å². The fourth-order valence-electron chi connectivity index (χ4n) is 4.28. The second-order valence-electron chi connectivity index (χ2n) is 7.96. The van der Waals surface area contributed by atoms with Gasteiger partial charge in [-0.15, -0.1) is 0 Å². The smallest absolute Gasteiger partial charge is 0.317 e. The highest BCUT2D eigenvalue weighted by Gasteiger charge is 2.23. The molecule has 3 nitrogen and oxygen atoms in total. The number of benzene rings is 3. The van der Waals surface area contributed by atoms with Crippen molar-refractivity contribution in [1.29, 1.82) is 0 Å². The maximum absolute atomic E-state index is 13.0. The van der Waals surface area contributed by atoms with E-state index >= 15 is 0 Å². The number of hydrogen-bond acceptors (Lipinski definition) is 1. The van der Waals surface area contributed by atoms with Crippen molar-refractivity contribution < 1.29 is 4.79 Å². The zero-order chi connectivity index (χ0) is 20.1. The number of urea groups is 1. The van der Waals surface area contributed by atoms with E-state index < -0.39 is 0 Å². The van der Waals surface area contributed by atoms with Crippen molar-refractivity contribution in [3.63, 3.8) is 0 Å². The van der Waals surface area contributed by atoms with Crippen molar-refractivity contribution >= 4 is 6.03 Å². The molecule has 29 heavy (non-hydrogen) atoms. The summed E-state index contributed by atoms with van der Waals surface area (Å²) >= 11 is 0. The van der Waals surface area contributed by atoms with Crippen LogP contribution < -0.4 is 5.32 Å². The number of carbonyl (C=O) groups excluding carboxylic acids is 1. The predicted molar refractivity (Wildman–Crippen MR) is 118 cm³/mol. The molecule has 148 valence electrons. The Morgan fingerprint density at radius 2 is 1.45 bits per heavy atom. The number of fused-ring (bicyclic) bond motifs is 1. The van der Waals surface area contributed by atoms with Gasteiger partial charge in [0.05, 0.1) is 6.04 Å². The standard InChI is InChI=1S/C26H28N2O/c1-28(19-20-16-17-21-10-8-9-15-24(21)18-20)26(29)27-25(22-11-4-2-5-12-22)23-13-6-3-7-14-23/h2-15,20,25H,16-19H2,1H3,(H,27,29). The van der Waals surface area contributed by atoms with Crippen LogP contribution in [-0.2, 0) is 12.8 Å². The summed E-state index contributed by atoms with van der Waals surface area (Å²) in [5.74, 6) is 0.507. The van der Waals surface area contributed by atoms with Gasteiger partial charge in [-0.3, -0.25) is 0 Å². The summed E-state index contributed by atoms with van der Waals surface area (Å²) in [7, 11) is 1.91. The molecule has 2 amide bonds. The molecule has 0 saturated heterocycles. The van der Waals surface area contributed by atoms with Gasteiger partial charge in [0.2, 0.25) is 0 Å². The molecular weight excluding hydrogens is 356 g/mol. The molecule has 1 unspecified atom stereocenters. The summed E-state index contributed by atoms with van der Waals surface area (Å²) in [4.78, 5) is 14.9. The molecule has 3 aromatic rings. The Morgan fingerprint density at radius 3 is 2.07 bits per heavy atom. The largest absolute Gasteiger partial charge is 0.328 e. The van der Waals surface area contributed by atoms with E-state index in [1.807, 2.05) is 48.3 Å². The van der Waals surface area contributed by atoms with Crippen molar-refractivity contribution in [2.45, 2.75) is 25.3 Å². The Balaban J connectivity index is 1.44. The summed E-state index contributed by atoms with van der Waals surface area (Å²) in [6, 6.07) is 28.8. The molecule has 1 aliphatic rings. The number of aryl methyl sites for hydroxylation is 1. The normalized spacial score (nSPS) is 15.6. The summed E-state index contributed by atoms with van der Waals surface area (Å²) in [5, 5.41) is 3.25. The fourth-order valence-corrected chi connectivity index (χ4v) is 4.28. The highest BCUT2D eigenvalue weighted by molar-refractivity contribution is 5.75. The predicted octanol–water partition coefficient (Wildman–Crippen LogP) is 5.22. The average Bonchev–Trinajstić information content (AvgIpc) is 2.78. The molecule has 3 heteroatoms. The Morgan fingerprint density at radius 1 is 0.897 bits per heavy atom. The first-order chi connectivity index (χ1) is 14.2. The molecule has 1 atom stereocenters. The molecule has 0 bridgehead atoms. The minimum absolute atomic E-state index is 0.0263. The average molecular weight is 385 g/mol. The van der Waals surface area contributed by atoms with Crippen LogP contribution in [0.1, 0.15) is 34.7 Å². The number of hydrogen-bond donors (Lipinski definition) is 1. The van der Waals surface area contributed by atoms with Crippen LogP contribution in [-0.4, -0.2) is 24.5 Å². The third-order valence-electron chi connectivity index (χ3n) is 5.86. The summed E-state index contributed by atoms with van der Waals surface area (Å²) < 4.78 is 0. The lowest BCUT2D eigenvalue weighted by atomic mass is 9.84. The van der Waals surface area contributed by atoms with Gasteiger partial charge in [-0.25, -0.2) is 4.79 Å². The molecule has 4 rings (SSSR count). The number of nitrogens with zero attached hydrogens (tertiary/aromatic N) is 1. The molecule has 3 aromatic carbocycles. The maximum Gasteiger partial charge on any atom is 0.317 e. The molecule has 1 N–H and O–H groups in total. The third-order valence-corrected chi connectivity index (χ3v) is 5.86. The van der Waals surface area contributed by atoms with Crippen molar-refractivity contribution in [3.05, 3.63) is 107 Å². The molecule has 0 aromatic heterocycles. The van der Waals surface area contributed by atoms with Gasteiger partial charge in [0, 0.05) is 13.6 Å². The number of carbonyl (C=O) groups is 1. The van der Waals surface area contributed by atoms with Crippen molar-refractivity contribution in [2.24, 2.45) is 5.92 Å². The first kappa shape index (κ1) is 19.3. The molecule has 0 spiro atoms. The van der Waals surface area contributed by atoms with Crippen LogP contribution in [0.25, 0.3) is 0 Å². The van der Waals surface area contributed by atoms with Gasteiger partial charge in [0.1, 0.15) is 0 Å². The van der Waals surface area contributed by atoms with E-state index in [0.29, 0.717) is 5.92 Å². The lowest BCUT2D eigenvalue weighted by Crippen LogP contribution is -2.42. The lowest BCUT2D eigenvalue weighted by Gasteiger charge is -2.30. The van der Waals surface area contributed by atoms with Gasteiger partial charge in [0.25, 0.3) is 0 Å². The Kier molecular flexibility index (Phi) is 5.95. The van der Waals surface area contributed by atoms with E-state index in [2.05, 4.69) is 53.8 Å². The van der Waals surface area contributed by atoms with Crippen LogP contribution in [0.2, 0.25) is 0 Å². The zero-order valence-corrected chi connectivity index (χ0v) is 16.9. The SMILES string of the molecule is CN(CC1CCc2ccccc2C1)C(=O)NC(c1ccccc1)c1ccccc1. The fraction of sp³-hybridized carbons (Fsp3) is 0.269. The van der Waals surface area contributed by atoms with E-state index in [1.54, 1.807) is 0 Å². The van der Waals surface area contributed by atoms with Gasteiger partial charge in [-0.1, -0.05) is 84.9 Å². The topological polar surface area (TPSA) is 32.3 Å². The van der Waals surface area contributed by atoms with Crippen LogP contribution in [0.15, 0.2) is 84.9 Å². The number of nitrogens with one attached hydrogen (secondary N) is 1. The highest BCUT2D eigenvalue weighted by Crippen LogP contribution is 2.26. The molecule has 0 fully saturated rings. The summed E-state index contributed by atoms with van der Waals surface area (Å²) in [6.07, 6.45) is 3.29. The third kappa shape index (κ3) is 4.68. The minimum Gasteiger partial charge on any atom is -0.328 e. The summed E-state index contributed by atoms with van der Waals surface area (Å²) in [5.41, 5.74) is 5.08. The molecular formula is C26H28N2O. The molecule has 0 radical (unpaired) electrons. The Bertz CT molecular complexity index is 900. The van der Waals surface area contributed by atoms with Crippen LogP contribution in [0.5, 0.6) is 0 Å². The second-order valence-corrected chi connectivity index (χ2v) is 7.96. The van der Waals surface area contributed by atoms with E-state index in [4.69, 9.17) is 0 Å². The van der Waals surface area contributed by atoms with Gasteiger partial charge in [-0.05, 0) is 47.4 Å². The van der Waals surface area contributed by atoms with Crippen molar-refractivity contribution in [3.8, 4) is 0 Å². The van der Waals surface area contributed by atoms with Crippen LogP contribution in [0.4, 0.5) is 4.79 Å². The monoisotopic (exact) mass is 384 g/mol. The number of amides is 2. The van der Waals surface area contributed by atoms with E-state index in [9.17, 15) is 4.79 Å². The maximum atomic E-state index is 13.0. The summed E-state index contributed by atoms with van der Waals surface area (Å²) in [6.45, 7) is 0.774. The van der Waals surface area contributed by atoms with E-state index in [-0.39, 0.29) is 12.1 Å². The molecule has 0 heterocycles. The van der Waals surface area contributed by atoms with Crippen LogP contribution >= 0.6 is 0 Å². The zero-order valence-electron chi connectivity index (χ0n) is 16.9. The van der Waals surface area contributed by atoms with Gasteiger partial charge in [0.15, 0.2) is 0 Å². The first-order valence-corrected chi connectivity index (χ1v) is 10.4. The van der Waals surface area contributed by atoms with Crippen LogP contribution in [0, 0.1) is 5.92 Å². The molecule has 1 aliphatic carbocycles. The number of rotatable bonds is 5. The highest BCUT2D eigenvalue weighted by atomic mass is 16.2. The van der Waals surface area contributed by atoms with Crippen molar-refractivity contribution in [1.82, 2.24) is 10.2 Å². The van der Waals surface area contributed by atoms with Crippen LogP contribution in [0.3, 0.4) is 0 Å². The van der Waals surface area contributed by atoms with Gasteiger partial charge in [-0.2, -0.15) is 0 Å². The minimum atomic E-state index is -0.153. The second kappa shape index (κ2) is 8.95. The lowest BCUT2D eigenvalue weighted by molar-refractivity contribution is 0.195. The quantitative estimate of drug-likeness (QED) is 0.642. The van der Waals surface area contributed by atoms with Gasteiger partial charge >= 0.3 is 6.03 Å². The van der Waals surface area contributed by atoms with E-state index in [0.717, 1.165) is 36.9 Å². The molecule has 0 saturated carbocycles. The Hall–Kier alpha value is -3.07. The van der Waals surface area contributed by atoms with E-state index in [1.165, 1.54) is 11.1 Å².